The lowest BCUT2D eigenvalue weighted by molar-refractivity contribution is -0.171. The van der Waals surface area contributed by atoms with Crippen molar-refractivity contribution < 1.29 is 38.6 Å². The summed E-state index contributed by atoms with van der Waals surface area (Å²) in [7, 11) is 2.95. The van der Waals surface area contributed by atoms with Gasteiger partial charge in [0.15, 0.2) is 5.60 Å². The average molecular weight is 692 g/mol. The normalized spacial score (nSPS) is 17.0. The molecule has 15 heteroatoms. The van der Waals surface area contributed by atoms with E-state index >= 15 is 0 Å². The molecule has 3 rings (SSSR count). The number of carboxylic acid groups (broad SMARTS) is 1. The molecule has 0 radical (unpaired) electrons. The zero-order chi connectivity index (χ0) is 35.1. The zero-order valence-corrected chi connectivity index (χ0v) is 29.4. The summed E-state index contributed by atoms with van der Waals surface area (Å²) in [5.74, 6) is -4.11. The first-order valence-electron chi connectivity index (χ1n) is 15.4. The molecule has 0 aliphatic carbocycles. The van der Waals surface area contributed by atoms with Crippen molar-refractivity contribution in [2.75, 3.05) is 12.3 Å². The Labute approximate surface area is 282 Å². The Kier molecular flexibility index (Phi) is 12.8. The number of hydrogen-bond donors (Lipinski definition) is 5. The van der Waals surface area contributed by atoms with E-state index in [2.05, 4.69) is 20.9 Å². The van der Waals surface area contributed by atoms with Crippen LogP contribution in [-0.4, -0.2) is 97.4 Å². The maximum Gasteiger partial charge on any atom is 0.329 e. The van der Waals surface area contributed by atoms with Gasteiger partial charge in [-0.1, -0.05) is 60.6 Å². The fraction of sp³-hybridized carbons (Fsp3) is 0.562. The molecule has 0 saturated carbocycles. The summed E-state index contributed by atoms with van der Waals surface area (Å²) in [6.07, 6.45) is 2.74. The number of rotatable bonds is 14. The Morgan fingerprint density at radius 1 is 1.04 bits per heavy atom. The molecular weight excluding hydrogens is 647 g/mol. The molecule has 0 unspecified atom stereocenters. The second-order valence-corrected chi connectivity index (χ2v) is 16.2. The Morgan fingerprint density at radius 3 is 2.36 bits per heavy atom. The first kappa shape index (κ1) is 37.7. The van der Waals surface area contributed by atoms with Crippen LogP contribution in [0.5, 0.6) is 0 Å². The van der Waals surface area contributed by atoms with E-state index < -0.39 is 65.3 Å². The minimum absolute atomic E-state index is 0.138. The molecule has 47 heavy (non-hydrogen) atoms. The molecule has 4 atom stereocenters. The average Bonchev–Trinajstić information content (AvgIpc) is 3.62. The van der Waals surface area contributed by atoms with Crippen molar-refractivity contribution >= 4 is 68.1 Å². The zero-order valence-electron chi connectivity index (χ0n) is 27.8. The smallest absolute Gasteiger partial charge is 0.329 e. The predicted molar refractivity (Wildman–Crippen MR) is 181 cm³/mol. The van der Waals surface area contributed by atoms with Gasteiger partial charge in [0, 0.05) is 47.5 Å². The maximum atomic E-state index is 14.1. The molecule has 4 amide bonds. The number of carbonyl (C=O) groups excluding carboxylic acids is 5. The van der Waals surface area contributed by atoms with Crippen molar-refractivity contribution in [1.82, 2.24) is 25.8 Å². The lowest BCUT2D eigenvalue weighted by atomic mass is 10.0. The van der Waals surface area contributed by atoms with Gasteiger partial charge in [-0.25, -0.2) is 4.79 Å². The van der Waals surface area contributed by atoms with E-state index in [1.807, 2.05) is 45.0 Å². The van der Waals surface area contributed by atoms with E-state index in [0.717, 1.165) is 16.5 Å². The van der Waals surface area contributed by atoms with Crippen LogP contribution >= 0.6 is 21.6 Å². The Morgan fingerprint density at radius 2 is 1.72 bits per heavy atom. The number of aromatic amines is 1. The number of likely N-dealkylation sites (tertiary alicyclic amines) is 1. The quantitative estimate of drug-likeness (QED) is 0.146. The molecule has 1 aliphatic rings. The van der Waals surface area contributed by atoms with E-state index in [1.165, 1.54) is 43.4 Å². The highest BCUT2D eigenvalue weighted by atomic mass is 33.1. The number of nitrogens with one attached hydrogen (secondary N) is 4. The predicted octanol–water partition coefficient (Wildman–Crippen LogP) is 2.78. The van der Waals surface area contributed by atoms with E-state index in [4.69, 9.17) is 9.84 Å². The highest BCUT2D eigenvalue weighted by Crippen LogP contribution is 2.36. The molecule has 258 valence electrons. The van der Waals surface area contributed by atoms with Gasteiger partial charge < -0.3 is 35.7 Å². The minimum Gasteiger partial charge on any atom is -0.480 e. The van der Waals surface area contributed by atoms with Crippen LogP contribution < -0.4 is 16.0 Å². The fourth-order valence-electron chi connectivity index (χ4n) is 4.97. The summed E-state index contributed by atoms with van der Waals surface area (Å²) in [6, 6.07) is 3.37. The van der Waals surface area contributed by atoms with Gasteiger partial charge in [0.25, 0.3) is 5.91 Å². The van der Waals surface area contributed by atoms with Crippen LogP contribution in [0.1, 0.15) is 66.9 Å². The van der Waals surface area contributed by atoms with Gasteiger partial charge >= 0.3 is 11.9 Å². The highest BCUT2D eigenvalue weighted by Gasteiger charge is 2.43. The van der Waals surface area contributed by atoms with Gasteiger partial charge in [0.1, 0.15) is 24.2 Å². The van der Waals surface area contributed by atoms with Crippen molar-refractivity contribution in [2.45, 2.75) is 102 Å². The number of hydrogen-bond acceptors (Lipinski definition) is 9. The number of benzene rings is 1. The number of carboxylic acids is 1. The third-order valence-electron chi connectivity index (χ3n) is 7.38. The van der Waals surface area contributed by atoms with Crippen LogP contribution in [0.4, 0.5) is 0 Å². The second-order valence-electron chi connectivity index (χ2n) is 13.0. The number of esters is 1. The molecule has 1 fully saturated rings. The molecule has 13 nitrogen and oxygen atoms in total. The van der Waals surface area contributed by atoms with Gasteiger partial charge in [-0.3, -0.25) is 24.0 Å². The van der Waals surface area contributed by atoms with Crippen molar-refractivity contribution in [1.29, 1.82) is 0 Å². The van der Waals surface area contributed by atoms with Crippen LogP contribution in [0, 0.1) is 0 Å². The van der Waals surface area contributed by atoms with Gasteiger partial charge in [-0.2, -0.15) is 0 Å². The summed E-state index contributed by atoms with van der Waals surface area (Å²) in [5, 5.41) is 17.9. The van der Waals surface area contributed by atoms with Crippen LogP contribution in [0.3, 0.4) is 0 Å². The van der Waals surface area contributed by atoms with Crippen molar-refractivity contribution in [3.05, 3.63) is 36.0 Å². The lowest BCUT2D eigenvalue weighted by Crippen LogP contribution is -2.57. The second kappa shape index (κ2) is 15.9. The topological polar surface area (TPSA) is 187 Å². The third-order valence-corrected chi connectivity index (χ3v) is 10.7. The molecule has 1 aromatic carbocycles. The monoisotopic (exact) mass is 691 g/mol. The number of fused-ring (bicyclic) bond motifs is 1. The van der Waals surface area contributed by atoms with Crippen LogP contribution in [0.2, 0.25) is 0 Å². The maximum absolute atomic E-state index is 14.1. The van der Waals surface area contributed by atoms with E-state index in [9.17, 15) is 28.8 Å². The van der Waals surface area contributed by atoms with Gasteiger partial charge in [0.2, 0.25) is 17.7 Å². The van der Waals surface area contributed by atoms with E-state index in [0.29, 0.717) is 6.42 Å². The summed E-state index contributed by atoms with van der Waals surface area (Å²) in [4.78, 5) is 81.7. The molecule has 2 aromatic rings. The Hall–Kier alpha value is -3.72. The molecule has 1 aliphatic heterocycles. The first-order valence-corrected chi connectivity index (χ1v) is 17.7. The first-order chi connectivity index (χ1) is 21.9. The number of nitrogens with zero attached hydrogens (tertiary/aromatic N) is 1. The molecule has 5 N–H and O–H groups in total. The van der Waals surface area contributed by atoms with Crippen LogP contribution in [0.25, 0.3) is 10.9 Å². The number of aromatic nitrogens is 1. The number of carbonyl (C=O) groups is 6. The number of H-pyrrole nitrogens is 1. The van der Waals surface area contributed by atoms with Crippen LogP contribution in [-0.2, 0) is 39.9 Å². The summed E-state index contributed by atoms with van der Waals surface area (Å²) >= 11 is 0. The number of ether oxygens (including phenoxy) is 1. The third kappa shape index (κ3) is 10.6. The standard InChI is InChI=1S/C32H45N5O8S2/c1-18(28(41)42)34-30(44)32(6,7)45-29(43)25-13-10-14-37(25)27(40)24(17-46-47-31(3,4)5)36-26(39)23(35-19(2)38)15-20-16-33-22-12-9-8-11-21(20)22/h8-9,11-12,16,18,23-25,33H,10,13-15,17H2,1-7H3,(H,34,44)(H,35,38)(H,36,39)(H,41,42)/t18-,23-,24-,25-/m0/s1. The van der Waals surface area contributed by atoms with Crippen molar-refractivity contribution in [2.24, 2.45) is 0 Å². The highest BCUT2D eigenvalue weighted by molar-refractivity contribution is 8.77. The summed E-state index contributed by atoms with van der Waals surface area (Å²) in [5.41, 5.74) is -0.00206. The molecule has 1 saturated heterocycles. The molecule has 2 heterocycles. The van der Waals surface area contributed by atoms with E-state index in [1.54, 1.807) is 17.0 Å². The molecule has 1 aromatic heterocycles. The molecule has 0 spiro atoms. The fourth-order valence-corrected chi connectivity index (χ4v) is 7.43. The summed E-state index contributed by atoms with van der Waals surface area (Å²) < 4.78 is 5.38. The lowest BCUT2D eigenvalue weighted by Gasteiger charge is -2.32. The van der Waals surface area contributed by atoms with Crippen molar-refractivity contribution in [3.8, 4) is 0 Å². The molecule has 0 bridgehead atoms. The summed E-state index contributed by atoms with van der Waals surface area (Å²) in [6.45, 7) is 11.6. The number of amides is 4. The van der Waals surface area contributed by atoms with Gasteiger partial charge in [-0.05, 0) is 45.2 Å². The number of para-hydroxylation sites is 1. The van der Waals surface area contributed by atoms with Gasteiger partial charge in [-0.15, -0.1) is 0 Å². The Balaban J connectivity index is 1.80. The Bertz CT molecular complexity index is 1490. The van der Waals surface area contributed by atoms with Crippen molar-refractivity contribution in [3.63, 3.8) is 0 Å². The van der Waals surface area contributed by atoms with Gasteiger partial charge in [0.05, 0.1) is 0 Å². The molecular formula is C32H45N5O8S2. The van der Waals surface area contributed by atoms with E-state index in [-0.39, 0.29) is 29.9 Å². The minimum atomic E-state index is -1.71. The largest absolute Gasteiger partial charge is 0.480 e. The van der Waals surface area contributed by atoms with Crippen LogP contribution in [0.15, 0.2) is 30.5 Å². The SMILES string of the molecule is CC(=O)N[C@@H](Cc1c[nH]c2ccccc12)C(=O)N[C@@H](CSSC(C)(C)C)C(=O)N1CCC[C@H]1C(=O)OC(C)(C)C(=O)N[C@@H](C)C(=O)O. The number of aliphatic carboxylic acids is 1.